The van der Waals surface area contributed by atoms with Gasteiger partial charge in [0.15, 0.2) is 0 Å². The molecule has 3 nitrogen and oxygen atoms in total. The minimum absolute atomic E-state index is 0.565. The molecule has 2 N–H and O–H groups in total. The van der Waals surface area contributed by atoms with Crippen LogP contribution in [0.3, 0.4) is 0 Å². The summed E-state index contributed by atoms with van der Waals surface area (Å²) in [6.45, 7) is 0.567. The molecule has 0 aliphatic heterocycles. The molecule has 0 amide bonds. The Morgan fingerprint density at radius 3 is 2.50 bits per heavy atom. The molecule has 0 spiro atoms. The zero-order chi connectivity index (χ0) is 12.5. The van der Waals surface area contributed by atoms with Crippen LogP contribution in [0.2, 0.25) is 0 Å². The molecule has 1 aromatic heterocycles. The van der Waals surface area contributed by atoms with E-state index in [1.54, 1.807) is 0 Å². The third-order valence-corrected chi connectivity index (χ3v) is 4.25. The highest BCUT2D eigenvalue weighted by Crippen LogP contribution is 2.43. The Labute approximate surface area is 109 Å². The number of imidazole rings is 1. The van der Waals surface area contributed by atoms with Crippen LogP contribution < -0.4 is 5.73 Å². The molecule has 3 rings (SSSR count). The van der Waals surface area contributed by atoms with E-state index in [1.807, 2.05) is 0 Å². The molecule has 0 radical (unpaired) electrons. The second kappa shape index (κ2) is 4.68. The predicted octanol–water partition coefficient (Wildman–Crippen LogP) is 3.02. The lowest BCUT2D eigenvalue weighted by Gasteiger charge is -2.20. The lowest BCUT2D eigenvalue weighted by Crippen LogP contribution is -2.09. The summed E-state index contributed by atoms with van der Waals surface area (Å²) in [7, 11) is 0. The number of aromatic nitrogens is 2. The third-order valence-electron chi connectivity index (χ3n) is 4.25. The van der Waals surface area contributed by atoms with Gasteiger partial charge in [0.1, 0.15) is 11.6 Å². The molecule has 0 atom stereocenters. The van der Waals surface area contributed by atoms with E-state index in [0.29, 0.717) is 18.4 Å². The normalized spacial score (nSPS) is 20.8. The van der Waals surface area contributed by atoms with Crippen molar-refractivity contribution in [3.05, 3.63) is 11.5 Å². The highest BCUT2D eigenvalue weighted by Gasteiger charge is 2.32. The molecule has 2 fully saturated rings. The van der Waals surface area contributed by atoms with Gasteiger partial charge in [0.25, 0.3) is 0 Å². The quantitative estimate of drug-likeness (QED) is 0.829. The van der Waals surface area contributed by atoms with Crippen molar-refractivity contribution in [1.82, 2.24) is 9.55 Å². The van der Waals surface area contributed by atoms with Crippen LogP contribution in [0.15, 0.2) is 0 Å². The molecule has 18 heavy (non-hydrogen) atoms. The van der Waals surface area contributed by atoms with Crippen LogP contribution >= 0.6 is 0 Å². The number of nitrogens with two attached hydrogens (primary N) is 1. The van der Waals surface area contributed by atoms with Crippen LogP contribution in [0.1, 0.15) is 68.3 Å². The van der Waals surface area contributed by atoms with E-state index in [9.17, 15) is 0 Å². The van der Waals surface area contributed by atoms with Crippen LogP contribution in [0.25, 0.3) is 0 Å². The molecule has 1 heterocycles. The van der Waals surface area contributed by atoms with E-state index in [0.717, 1.165) is 17.3 Å². The van der Waals surface area contributed by atoms with E-state index < -0.39 is 0 Å². The summed E-state index contributed by atoms with van der Waals surface area (Å²) in [4.78, 5) is 4.86. The minimum atomic E-state index is 0.565. The SMILES string of the molecule is C#CCn1c(C2CC2)nc(C2CCCCC2)c1N. The fraction of sp³-hybridized carbons (Fsp3) is 0.667. The summed E-state index contributed by atoms with van der Waals surface area (Å²) in [6.07, 6.45) is 14.4. The number of rotatable bonds is 3. The van der Waals surface area contributed by atoms with Gasteiger partial charge < -0.3 is 10.3 Å². The minimum Gasteiger partial charge on any atom is -0.384 e. The molecule has 2 aliphatic carbocycles. The fourth-order valence-electron chi connectivity index (χ4n) is 3.09. The van der Waals surface area contributed by atoms with E-state index >= 15 is 0 Å². The molecule has 0 saturated heterocycles. The Morgan fingerprint density at radius 2 is 1.89 bits per heavy atom. The zero-order valence-electron chi connectivity index (χ0n) is 10.9. The first-order valence-corrected chi connectivity index (χ1v) is 7.10. The van der Waals surface area contributed by atoms with Crippen LogP contribution in [0.4, 0.5) is 5.82 Å². The van der Waals surface area contributed by atoms with E-state index in [1.165, 1.54) is 44.9 Å². The summed E-state index contributed by atoms with van der Waals surface area (Å²) in [5, 5.41) is 0. The molecule has 2 saturated carbocycles. The lowest BCUT2D eigenvalue weighted by molar-refractivity contribution is 0.438. The van der Waals surface area contributed by atoms with Gasteiger partial charge in [0, 0.05) is 11.8 Å². The van der Waals surface area contributed by atoms with Crippen molar-refractivity contribution in [2.24, 2.45) is 0 Å². The molecule has 0 unspecified atom stereocenters. The van der Waals surface area contributed by atoms with Crippen molar-refractivity contribution in [2.75, 3.05) is 5.73 Å². The monoisotopic (exact) mass is 243 g/mol. The summed E-state index contributed by atoms with van der Waals surface area (Å²) in [5.74, 6) is 5.86. The van der Waals surface area contributed by atoms with Crippen molar-refractivity contribution in [3.8, 4) is 12.3 Å². The first kappa shape index (κ1) is 11.6. The van der Waals surface area contributed by atoms with Gasteiger partial charge in [-0.2, -0.15) is 0 Å². The zero-order valence-corrected chi connectivity index (χ0v) is 10.9. The highest BCUT2D eigenvalue weighted by atomic mass is 15.1. The Morgan fingerprint density at radius 1 is 1.17 bits per heavy atom. The van der Waals surface area contributed by atoms with Gasteiger partial charge in [-0.3, -0.25) is 0 Å². The molecular weight excluding hydrogens is 222 g/mol. The number of hydrogen-bond acceptors (Lipinski definition) is 2. The third kappa shape index (κ3) is 2.01. The lowest BCUT2D eigenvalue weighted by atomic mass is 9.87. The van der Waals surface area contributed by atoms with E-state index in [2.05, 4.69) is 10.5 Å². The largest absolute Gasteiger partial charge is 0.384 e. The number of nitrogens with zero attached hydrogens (tertiary/aromatic N) is 2. The van der Waals surface area contributed by atoms with Crippen LogP contribution in [0, 0.1) is 12.3 Å². The topological polar surface area (TPSA) is 43.8 Å². The van der Waals surface area contributed by atoms with E-state index in [-0.39, 0.29) is 0 Å². The molecule has 2 aliphatic rings. The molecular formula is C15H21N3. The smallest absolute Gasteiger partial charge is 0.127 e. The first-order valence-electron chi connectivity index (χ1n) is 7.10. The van der Waals surface area contributed by atoms with Gasteiger partial charge in [-0.1, -0.05) is 25.2 Å². The van der Waals surface area contributed by atoms with Crippen LogP contribution in [-0.4, -0.2) is 9.55 Å². The van der Waals surface area contributed by atoms with Gasteiger partial charge in [0.05, 0.1) is 12.2 Å². The number of nitrogen functional groups attached to an aromatic ring is 1. The summed E-state index contributed by atoms with van der Waals surface area (Å²) >= 11 is 0. The molecule has 3 heteroatoms. The van der Waals surface area contributed by atoms with Gasteiger partial charge in [-0.25, -0.2) is 4.98 Å². The number of anilines is 1. The number of terminal acetylenes is 1. The molecule has 96 valence electrons. The van der Waals surface area contributed by atoms with E-state index in [4.69, 9.17) is 17.1 Å². The second-order valence-electron chi connectivity index (χ2n) is 5.64. The predicted molar refractivity (Wildman–Crippen MR) is 73.3 cm³/mol. The molecule has 0 aromatic carbocycles. The van der Waals surface area contributed by atoms with Gasteiger partial charge >= 0.3 is 0 Å². The molecule has 1 aromatic rings. The number of hydrogen-bond donors (Lipinski definition) is 1. The Bertz CT molecular complexity index is 471. The van der Waals surface area contributed by atoms with Crippen molar-refractivity contribution in [2.45, 2.75) is 63.3 Å². The summed E-state index contributed by atoms with van der Waals surface area (Å²) in [6, 6.07) is 0. The van der Waals surface area contributed by atoms with Crippen molar-refractivity contribution >= 4 is 5.82 Å². The second-order valence-corrected chi connectivity index (χ2v) is 5.64. The average Bonchev–Trinajstić information content (AvgIpc) is 3.19. The standard InChI is InChI=1S/C15H21N3/c1-2-10-18-14(16)13(11-6-4-3-5-7-11)17-15(18)12-8-9-12/h1,11-12H,3-10,16H2. The van der Waals surface area contributed by atoms with Gasteiger partial charge in [-0.15, -0.1) is 6.42 Å². The van der Waals surface area contributed by atoms with Crippen LogP contribution in [-0.2, 0) is 6.54 Å². The van der Waals surface area contributed by atoms with Gasteiger partial charge in [0.2, 0.25) is 0 Å². The van der Waals surface area contributed by atoms with Crippen molar-refractivity contribution in [3.63, 3.8) is 0 Å². The van der Waals surface area contributed by atoms with Crippen molar-refractivity contribution < 1.29 is 0 Å². The van der Waals surface area contributed by atoms with Gasteiger partial charge in [-0.05, 0) is 25.7 Å². The maximum absolute atomic E-state index is 6.29. The van der Waals surface area contributed by atoms with Crippen molar-refractivity contribution in [1.29, 1.82) is 0 Å². The highest BCUT2D eigenvalue weighted by molar-refractivity contribution is 5.42. The summed E-state index contributed by atoms with van der Waals surface area (Å²) < 4.78 is 2.07. The Hall–Kier alpha value is -1.43. The first-order chi connectivity index (χ1) is 8.81. The molecule has 0 bridgehead atoms. The maximum Gasteiger partial charge on any atom is 0.127 e. The Kier molecular flexibility index (Phi) is 3.03. The Balaban J connectivity index is 1.94. The fourth-order valence-corrected chi connectivity index (χ4v) is 3.09. The summed E-state index contributed by atoms with van der Waals surface area (Å²) in [5.41, 5.74) is 7.42. The average molecular weight is 243 g/mol. The maximum atomic E-state index is 6.29. The van der Waals surface area contributed by atoms with Crippen LogP contribution in [0.5, 0.6) is 0 Å².